The lowest BCUT2D eigenvalue weighted by molar-refractivity contribution is 0.208. The zero-order chi connectivity index (χ0) is 18.4. The van der Waals surface area contributed by atoms with Gasteiger partial charge in [0.15, 0.2) is 5.96 Å². The molecule has 144 valence electrons. The lowest BCUT2D eigenvalue weighted by Gasteiger charge is -2.37. The molecule has 0 aliphatic carbocycles. The molecule has 0 radical (unpaired) electrons. The van der Waals surface area contributed by atoms with Gasteiger partial charge in [0, 0.05) is 39.8 Å². The Labute approximate surface area is 159 Å². The van der Waals surface area contributed by atoms with Gasteiger partial charge in [-0.05, 0) is 49.1 Å². The van der Waals surface area contributed by atoms with E-state index in [1.165, 1.54) is 38.0 Å². The molecular weight excluding hydrogens is 320 g/mol. The summed E-state index contributed by atoms with van der Waals surface area (Å²) in [6.07, 6.45) is 3.80. The van der Waals surface area contributed by atoms with Gasteiger partial charge in [-0.15, -0.1) is 0 Å². The largest absolute Gasteiger partial charge is 0.356 e. The van der Waals surface area contributed by atoms with E-state index in [2.05, 4.69) is 64.3 Å². The first-order chi connectivity index (χ1) is 12.6. The molecule has 0 amide bonds. The molecule has 2 heterocycles. The highest BCUT2D eigenvalue weighted by Gasteiger charge is 2.26. The van der Waals surface area contributed by atoms with E-state index >= 15 is 0 Å². The summed E-state index contributed by atoms with van der Waals surface area (Å²) < 4.78 is 0. The van der Waals surface area contributed by atoms with Crippen LogP contribution in [0.1, 0.15) is 32.3 Å². The zero-order valence-electron chi connectivity index (χ0n) is 16.8. The lowest BCUT2D eigenvalue weighted by atomic mass is 9.92. The summed E-state index contributed by atoms with van der Waals surface area (Å²) in [7, 11) is 1.92. The van der Waals surface area contributed by atoms with Gasteiger partial charge in [0.25, 0.3) is 0 Å². The fraction of sp³-hybridized carbons (Fsp3) is 0.682. The Bertz CT molecular complexity index is 561. The molecule has 1 aromatic carbocycles. The molecule has 1 aromatic rings. The van der Waals surface area contributed by atoms with Crippen LogP contribution in [0.5, 0.6) is 0 Å². The highest BCUT2D eigenvalue weighted by atomic mass is 15.3. The molecule has 3 rings (SSSR count). The van der Waals surface area contributed by atoms with Gasteiger partial charge in [0.2, 0.25) is 0 Å². The first-order valence-electron chi connectivity index (χ1n) is 10.4. The number of guanidine groups is 1. The number of nitrogens with one attached hydrogen (secondary N) is 1. The van der Waals surface area contributed by atoms with Crippen LogP contribution in [0.25, 0.3) is 0 Å². The van der Waals surface area contributed by atoms with Crippen LogP contribution in [-0.2, 0) is 6.42 Å². The molecule has 3 unspecified atom stereocenters. The second-order valence-electron chi connectivity index (χ2n) is 8.47. The Hall–Kier alpha value is -1.55. The molecule has 2 aliphatic rings. The molecule has 4 heteroatoms. The SMILES string of the molecule is CN=C(NCC1CCN(CCc2ccccc2)C1)N1CC(C)CC(C)C1. The Kier molecular flexibility index (Phi) is 6.95. The van der Waals surface area contributed by atoms with Crippen LogP contribution < -0.4 is 5.32 Å². The summed E-state index contributed by atoms with van der Waals surface area (Å²) in [6.45, 7) is 11.7. The normalized spacial score (nSPS) is 27.7. The molecule has 4 nitrogen and oxygen atoms in total. The van der Waals surface area contributed by atoms with Crippen LogP contribution in [0.2, 0.25) is 0 Å². The zero-order valence-corrected chi connectivity index (χ0v) is 16.8. The summed E-state index contributed by atoms with van der Waals surface area (Å²) in [5.41, 5.74) is 1.45. The average molecular weight is 357 g/mol. The van der Waals surface area contributed by atoms with Crippen molar-refractivity contribution in [2.45, 2.75) is 33.1 Å². The summed E-state index contributed by atoms with van der Waals surface area (Å²) in [6, 6.07) is 10.8. The second kappa shape index (κ2) is 9.40. The molecule has 1 N–H and O–H groups in total. The maximum Gasteiger partial charge on any atom is 0.193 e. The third kappa shape index (κ3) is 5.47. The summed E-state index contributed by atoms with van der Waals surface area (Å²) in [4.78, 5) is 9.63. The van der Waals surface area contributed by atoms with E-state index in [9.17, 15) is 0 Å². The second-order valence-corrected chi connectivity index (χ2v) is 8.47. The highest BCUT2D eigenvalue weighted by Crippen LogP contribution is 2.21. The van der Waals surface area contributed by atoms with Crippen molar-refractivity contribution in [1.82, 2.24) is 15.1 Å². The van der Waals surface area contributed by atoms with E-state index in [1.54, 1.807) is 0 Å². The fourth-order valence-corrected chi connectivity index (χ4v) is 4.62. The molecule has 2 saturated heterocycles. The molecule has 0 bridgehead atoms. The summed E-state index contributed by atoms with van der Waals surface area (Å²) in [5, 5.41) is 3.67. The van der Waals surface area contributed by atoms with E-state index in [4.69, 9.17) is 0 Å². The minimum atomic E-state index is 0.738. The van der Waals surface area contributed by atoms with E-state index in [0.29, 0.717) is 0 Å². The van der Waals surface area contributed by atoms with Crippen molar-refractivity contribution in [2.75, 3.05) is 46.3 Å². The third-order valence-corrected chi connectivity index (χ3v) is 5.86. The van der Waals surface area contributed by atoms with Crippen LogP contribution in [0, 0.1) is 17.8 Å². The summed E-state index contributed by atoms with van der Waals surface area (Å²) in [5.74, 6) is 3.36. The van der Waals surface area contributed by atoms with Crippen molar-refractivity contribution in [3.05, 3.63) is 35.9 Å². The predicted octanol–water partition coefficient (Wildman–Crippen LogP) is 3.10. The summed E-state index contributed by atoms with van der Waals surface area (Å²) >= 11 is 0. The van der Waals surface area contributed by atoms with Crippen molar-refractivity contribution in [2.24, 2.45) is 22.7 Å². The van der Waals surface area contributed by atoms with Gasteiger partial charge in [-0.2, -0.15) is 0 Å². The van der Waals surface area contributed by atoms with Crippen molar-refractivity contribution < 1.29 is 0 Å². The van der Waals surface area contributed by atoms with Crippen LogP contribution >= 0.6 is 0 Å². The van der Waals surface area contributed by atoms with Gasteiger partial charge in [-0.1, -0.05) is 44.2 Å². The smallest absolute Gasteiger partial charge is 0.193 e. The number of aliphatic imine (C=N–C) groups is 1. The van der Waals surface area contributed by atoms with Gasteiger partial charge in [0.05, 0.1) is 0 Å². The van der Waals surface area contributed by atoms with E-state index < -0.39 is 0 Å². The van der Waals surface area contributed by atoms with E-state index in [-0.39, 0.29) is 0 Å². The number of likely N-dealkylation sites (tertiary alicyclic amines) is 2. The standard InChI is InChI=1S/C22H36N4/c1-18-13-19(2)16-26(15-18)22(23-3)24-14-21-10-12-25(17-21)11-9-20-7-5-4-6-8-20/h4-8,18-19,21H,9-17H2,1-3H3,(H,23,24). The molecule has 0 saturated carbocycles. The number of nitrogens with zero attached hydrogens (tertiary/aromatic N) is 3. The van der Waals surface area contributed by atoms with Crippen molar-refractivity contribution in [1.29, 1.82) is 0 Å². The number of hydrogen-bond acceptors (Lipinski definition) is 2. The minimum Gasteiger partial charge on any atom is -0.356 e. The molecule has 3 atom stereocenters. The number of benzene rings is 1. The fourth-order valence-electron chi connectivity index (χ4n) is 4.62. The van der Waals surface area contributed by atoms with Crippen LogP contribution in [0.3, 0.4) is 0 Å². The lowest BCUT2D eigenvalue weighted by Crippen LogP contribution is -2.49. The molecule has 2 aliphatic heterocycles. The molecular formula is C22H36N4. The topological polar surface area (TPSA) is 30.9 Å². The Morgan fingerprint density at radius 3 is 2.54 bits per heavy atom. The number of hydrogen-bond donors (Lipinski definition) is 1. The first-order valence-corrected chi connectivity index (χ1v) is 10.4. The quantitative estimate of drug-likeness (QED) is 0.650. The molecule has 0 spiro atoms. The minimum absolute atomic E-state index is 0.738. The Balaban J connectivity index is 1.40. The van der Waals surface area contributed by atoms with Gasteiger partial charge < -0.3 is 15.1 Å². The van der Waals surface area contributed by atoms with Crippen molar-refractivity contribution in [3.63, 3.8) is 0 Å². The molecule has 0 aromatic heterocycles. The Morgan fingerprint density at radius 2 is 1.85 bits per heavy atom. The number of rotatable bonds is 5. The third-order valence-electron chi connectivity index (χ3n) is 5.86. The van der Waals surface area contributed by atoms with Gasteiger partial charge in [-0.25, -0.2) is 0 Å². The maximum absolute atomic E-state index is 4.55. The van der Waals surface area contributed by atoms with E-state index in [1.807, 2.05) is 7.05 Å². The molecule has 2 fully saturated rings. The maximum atomic E-state index is 4.55. The molecule has 26 heavy (non-hydrogen) atoms. The first kappa shape index (κ1) is 19.2. The van der Waals surface area contributed by atoms with Crippen LogP contribution in [0.4, 0.5) is 0 Å². The van der Waals surface area contributed by atoms with Crippen LogP contribution in [-0.4, -0.2) is 62.1 Å². The van der Waals surface area contributed by atoms with Gasteiger partial charge >= 0.3 is 0 Å². The van der Waals surface area contributed by atoms with Gasteiger partial charge in [-0.3, -0.25) is 4.99 Å². The predicted molar refractivity (Wildman–Crippen MR) is 111 cm³/mol. The van der Waals surface area contributed by atoms with Crippen molar-refractivity contribution >= 4 is 5.96 Å². The Morgan fingerprint density at radius 1 is 1.12 bits per heavy atom. The van der Waals surface area contributed by atoms with Crippen LogP contribution in [0.15, 0.2) is 35.3 Å². The number of piperidine rings is 1. The van der Waals surface area contributed by atoms with Gasteiger partial charge in [0.1, 0.15) is 0 Å². The van der Waals surface area contributed by atoms with Crippen molar-refractivity contribution in [3.8, 4) is 0 Å². The van der Waals surface area contributed by atoms with E-state index in [0.717, 1.165) is 49.8 Å². The average Bonchev–Trinajstić information content (AvgIpc) is 3.08. The monoisotopic (exact) mass is 356 g/mol. The highest BCUT2D eigenvalue weighted by molar-refractivity contribution is 5.80.